The van der Waals surface area contributed by atoms with Crippen molar-refractivity contribution in [2.45, 2.75) is 83.0 Å². The largest absolute Gasteiger partial charge is 0.491 e. The number of hydrogen-bond donors (Lipinski definition) is 1. The van der Waals surface area contributed by atoms with Gasteiger partial charge in [0.25, 0.3) is 5.91 Å². The van der Waals surface area contributed by atoms with Crippen LogP contribution in [0, 0.1) is 5.82 Å². The fourth-order valence-electron chi connectivity index (χ4n) is 7.86. The number of amides is 1. The number of carbonyl (C=O) groups is 1. The predicted molar refractivity (Wildman–Crippen MR) is 171 cm³/mol. The summed E-state index contributed by atoms with van der Waals surface area (Å²) in [5.74, 6) is 0.169. The van der Waals surface area contributed by atoms with Gasteiger partial charge in [-0.2, -0.15) is 5.10 Å². The summed E-state index contributed by atoms with van der Waals surface area (Å²) in [5.41, 5.74) is 6.41. The van der Waals surface area contributed by atoms with Gasteiger partial charge in [0, 0.05) is 47.0 Å². The Morgan fingerprint density at radius 2 is 1.80 bits per heavy atom. The highest BCUT2D eigenvalue weighted by molar-refractivity contribution is 5.99. The third-order valence-electron chi connectivity index (χ3n) is 10.3. The molecule has 9 heteroatoms. The average Bonchev–Trinajstić information content (AvgIpc) is 3.53. The van der Waals surface area contributed by atoms with Crippen molar-refractivity contribution in [3.8, 4) is 28.1 Å². The monoisotopic (exact) mass is 609 g/mol. The number of aryl methyl sites for hydroxylation is 2. The first kappa shape index (κ1) is 28.6. The van der Waals surface area contributed by atoms with Crippen molar-refractivity contribution in [1.82, 2.24) is 25.0 Å². The van der Waals surface area contributed by atoms with Gasteiger partial charge >= 0.3 is 0 Å². The summed E-state index contributed by atoms with van der Waals surface area (Å²) in [6.45, 7) is 5.06. The minimum Gasteiger partial charge on any atom is -0.491 e. The van der Waals surface area contributed by atoms with Crippen LogP contribution in [0.15, 0.2) is 42.6 Å². The number of fused-ring (bicyclic) bond motifs is 3. The van der Waals surface area contributed by atoms with Gasteiger partial charge in [0.15, 0.2) is 11.9 Å². The number of nitrogens with one attached hydrogen (secondary N) is 1. The Labute approximate surface area is 262 Å². The molecule has 0 spiro atoms. The van der Waals surface area contributed by atoms with Crippen molar-refractivity contribution in [3.63, 3.8) is 0 Å². The van der Waals surface area contributed by atoms with Gasteiger partial charge in [-0.1, -0.05) is 6.07 Å². The summed E-state index contributed by atoms with van der Waals surface area (Å²) in [7, 11) is 0. The van der Waals surface area contributed by atoms with Gasteiger partial charge in [-0.15, -0.1) is 0 Å². The van der Waals surface area contributed by atoms with E-state index in [9.17, 15) is 4.79 Å². The molecule has 0 radical (unpaired) electrons. The summed E-state index contributed by atoms with van der Waals surface area (Å²) in [6.07, 6.45) is 11.1. The number of nitrogens with zero attached hydrogens (tertiary/aromatic N) is 4. The Kier molecular flexibility index (Phi) is 7.53. The Balaban J connectivity index is 1.19. The Morgan fingerprint density at radius 3 is 2.60 bits per heavy atom. The molecule has 2 fully saturated rings. The first-order chi connectivity index (χ1) is 22.0. The first-order valence-corrected chi connectivity index (χ1v) is 16.7. The lowest BCUT2D eigenvalue weighted by Gasteiger charge is -2.30. The van der Waals surface area contributed by atoms with Crippen molar-refractivity contribution in [2.24, 2.45) is 0 Å². The molecule has 0 saturated carbocycles. The minimum absolute atomic E-state index is 0.149. The zero-order valence-electron chi connectivity index (χ0n) is 25.9. The Morgan fingerprint density at radius 1 is 0.933 bits per heavy atom. The van der Waals surface area contributed by atoms with Gasteiger partial charge in [0.1, 0.15) is 23.9 Å². The van der Waals surface area contributed by atoms with Gasteiger partial charge in [0.05, 0.1) is 12.1 Å². The van der Waals surface area contributed by atoms with Crippen molar-refractivity contribution in [1.29, 1.82) is 0 Å². The number of benzene rings is 2. The van der Waals surface area contributed by atoms with Gasteiger partial charge < -0.3 is 14.8 Å². The summed E-state index contributed by atoms with van der Waals surface area (Å²) >= 11 is 0. The molecule has 5 heterocycles. The van der Waals surface area contributed by atoms with Crippen LogP contribution in [-0.2, 0) is 17.6 Å². The van der Waals surface area contributed by atoms with E-state index in [1.165, 1.54) is 24.9 Å². The second-order valence-electron chi connectivity index (χ2n) is 13.1. The summed E-state index contributed by atoms with van der Waals surface area (Å²) in [5, 5.41) is 8.72. The molecule has 1 amide bonds. The van der Waals surface area contributed by atoms with E-state index in [1.807, 2.05) is 22.9 Å². The van der Waals surface area contributed by atoms with E-state index >= 15 is 4.39 Å². The molecule has 1 aliphatic carbocycles. The van der Waals surface area contributed by atoms with Crippen molar-refractivity contribution in [3.05, 3.63) is 65.1 Å². The highest BCUT2D eigenvalue weighted by atomic mass is 19.1. The van der Waals surface area contributed by atoms with Crippen LogP contribution in [0.5, 0.6) is 5.75 Å². The number of hydrogen-bond acceptors (Lipinski definition) is 6. The van der Waals surface area contributed by atoms with E-state index in [-0.39, 0.29) is 18.0 Å². The quantitative estimate of drug-likeness (QED) is 0.268. The first-order valence-electron chi connectivity index (χ1n) is 16.7. The molecule has 234 valence electrons. The second-order valence-corrected chi connectivity index (χ2v) is 13.1. The lowest BCUT2D eigenvalue weighted by atomic mass is 9.96. The SMILES string of the molecule is C[C@@H]1CCCN1C1CCc2cc(F)c(-c3cnc4c(c3)c(-c3ccc5c(c3)OCCNC5=O)nn4C3CCCCO3)cc2CC1. The Hall–Kier alpha value is -3.82. The molecule has 8 nitrogen and oxygen atoms in total. The second kappa shape index (κ2) is 11.8. The summed E-state index contributed by atoms with van der Waals surface area (Å²) < 4.78 is 29.8. The molecular formula is C36H40FN5O3. The number of pyridine rings is 1. The number of likely N-dealkylation sites (tertiary alicyclic amines) is 1. The van der Waals surface area contributed by atoms with Crippen LogP contribution in [0.25, 0.3) is 33.4 Å². The minimum atomic E-state index is -0.216. The predicted octanol–water partition coefficient (Wildman–Crippen LogP) is 6.46. The highest BCUT2D eigenvalue weighted by Gasteiger charge is 2.30. The highest BCUT2D eigenvalue weighted by Crippen LogP contribution is 2.38. The maximum Gasteiger partial charge on any atom is 0.255 e. The number of rotatable bonds is 4. The van der Waals surface area contributed by atoms with E-state index in [2.05, 4.69) is 23.2 Å². The maximum absolute atomic E-state index is 15.9. The van der Waals surface area contributed by atoms with Gasteiger partial charge in [-0.25, -0.2) is 14.1 Å². The van der Waals surface area contributed by atoms with E-state index in [0.717, 1.165) is 67.0 Å². The molecule has 4 aromatic rings. The zero-order chi connectivity index (χ0) is 30.5. The maximum atomic E-state index is 15.9. The molecule has 2 aromatic heterocycles. The lowest BCUT2D eigenvalue weighted by molar-refractivity contribution is -0.0368. The third-order valence-corrected chi connectivity index (χ3v) is 10.3. The van der Waals surface area contributed by atoms with Crippen LogP contribution in [0.3, 0.4) is 0 Å². The standard InChI is InChI=1S/C36H40FN5O3/c1-22-5-4-14-41(22)27-10-7-23-17-29(31(37)19-24(23)8-11-27)26-18-30-34(25-9-12-28-32(20-25)44-16-13-38-36(28)43)40-42(35(30)39-21-26)33-6-2-3-15-45-33/h9,12,17-22,27,33H,2-8,10-11,13-16H2,1H3,(H,38,43)/t22-,27?,33?/m1/s1. The number of carbonyl (C=O) groups excluding carboxylic acids is 1. The molecular weight excluding hydrogens is 569 g/mol. The fraction of sp³-hybridized carbons (Fsp3) is 0.472. The van der Waals surface area contributed by atoms with Gasteiger partial charge in [0.2, 0.25) is 0 Å². The molecule has 3 atom stereocenters. The lowest BCUT2D eigenvalue weighted by Crippen LogP contribution is -2.37. The molecule has 3 aliphatic heterocycles. The number of ether oxygens (including phenoxy) is 2. The Bertz CT molecular complexity index is 1760. The fourth-order valence-corrected chi connectivity index (χ4v) is 7.86. The number of aromatic nitrogens is 3. The molecule has 0 bridgehead atoms. The summed E-state index contributed by atoms with van der Waals surface area (Å²) in [4.78, 5) is 20.1. The van der Waals surface area contributed by atoms with E-state index < -0.39 is 0 Å². The molecule has 45 heavy (non-hydrogen) atoms. The normalized spacial score (nSPS) is 24.0. The molecule has 8 rings (SSSR count). The van der Waals surface area contributed by atoms with E-state index in [1.54, 1.807) is 18.3 Å². The van der Waals surface area contributed by atoms with Crippen LogP contribution in [0.1, 0.15) is 79.6 Å². The van der Waals surface area contributed by atoms with Gasteiger partial charge in [-0.3, -0.25) is 9.69 Å². The number of halogens is 1. The van der Waals surface area contributed by atoms with Crippen molar-refractivity contribution in [2.75, 3.05) is 26.3 Å². The topological polar surface area (TPSA) is 81.5 Å². The molecule has 1 N–H and O–H groups in total. The summed E-state index contributed by atoms with van der Waals surface area (Å²) in [6, 6.07) is 12.6. The van der Waals surface area contributed by atoms with Crippen LogP contribution in [0.4, 0.5) is 4.39 Å². The van der Waals surface area contributed by atoms with E-state index in [4.69, 9.17) is 19.6 Å². The molecule has 2 aromatic carbocycles. The van der Waals surface area contributed by atoms with Crippen molar-refractivity contribution >= 4 is 16.9 Å². The van der Waals surface area contributed by atoms with Gasteiger partial charge in [-0.05, 0) is 113 Å². The molecule has 2 unspecified atom stereocenters. The smallest absolute Gasteiger partial charge is 0.255 e. The zero-order valence-corrected chi connectivity index (χ0v) is 25.9. The molecule has 2 saturated heterocycles. The van der Waals surface area contributed by atoms with E-state index in [0.29, 0.717) is 60.1 Å². The third kappa shape index (κ3) is 5.29. The van der Waals surface area contributed by atoms with Crippen LogP contribution in [-0.4, -0.2) is 64.0 Å². The molecule has 4 aliphatic rings. The average molecular weight is 610 g/mol. The van der Waals surface area contributed by atoms with Crippen molar-refractivity contribution < 1.29 is 18.7 Å². The van der Waals surface area contributed by atoms with Crippen LogP contribution >= 0.6 is 0 Å². The van der Waals surface area contributed by atoms with Crippen LogP contribution < -0.4 is 10.1 Å². The van der Waals surface area contributed by atoms with Crippen LogP contribution in [0.2, 0.25) is 0 Å².